The molecule has 25 heavy (non-hydrogen) atoms. The molecule has 3 aromatic rings. The molecular weight excluding hydrogens is 358 g/mol. The Morgan fingerprint density at radius 3 is 2.40 bits per heavy atom. The summed E-state index contributed by atoms with van der Waals surface area (Å²) in [5.74, 6) is 0. The molecule has 5 nitrogen and oxygen atoms in total. The molecule has 2 heterocycles. The van der Waals surface area contributed by atoms with Crippen LogP contribution in [0, 0.1) is 0 Å². The molecule has 1 N–H and O–H groups in total. The number of nitrogens with one attached hydrogen (secondary N) is 1. The third-order valence-corrected chi connectivity index (χ3v) is 6.70. The van der Waals surface area contributed by atoms with Crippen LogP contribution in [0.5, 0.6) is 0 Å². The molecule has 0 saturated carbocycles. The van der Waals surface area contributed by atoms with Crippen molar-refractivity contribution in [3.05, 3.63) is 59.8 Å². The Bertz CT molecular complexity index is 994. The number of fused-ring (bicyclic) bond motifs is 1. The maximum absolute atomic E-state index is 12.7. The number of piperazine rings is 1. The first kappa shape index (κ1) is 16.4. The quantitative estimate of drug-likeness (QED) is 0.763. The molecule has 1 saturated heterocycles. The van der Waals surface area contributed by atoms with Gasteiger partial charge in [-0.2, -0.15) is 4.31 Å². The zero-order valence-electron chi connectivity index (χ0n) is 13.5. The van der Waals surface area contributed by atoms with Gasteiger partial charge in [-0.15, -0.1) is 0 Å². The van der Waals surface area contributed by atoms with Crippen LogP contribution in [0.4, 0.5) is 5.69 Å². The number of hydrogen-bond acceptors (Lipinski definition) is 3. The van der Waals surface area contributed by atoms with Crippen LogP contribution in [0.1, 0.15) is 0 Å². The highest BCUT2D eigenvalue weighted by atomic mass is 35.5. The summed E-state index contributed by atoms with van der Waals surface area (Å²) < 4.78 is 27.0. The standard InChI is InChI=1S/C18H18ClN3O2S/c19-14-12-17-16(6-7-20-17)18(13-14)21-8-10-22(11-9-21)25(23,24)15-4-2-1-3-5-15/h1-7,12-13,20H,8-11H2. The van der Waals surface area contributed by atoms with Crippen molar-refractivity contribution in [3.63, 3.8) is 0 Å². The minimum atomic E-state index is -3.43. The van der Waals surface area contributed by atoms with Crippen LogP contribution in [0.25, 0.3) is 10.9 Å². The molecule has 0 atom stereocenters. The second-order valence-electron chi connectivity index (χ2n) is 6.07. The number of benzene rings is 2. The van der Waals surface area contributed by atoms with Gasteiger partial charge in [0.25, 0.3) is 0 Å². The third-order valence-electron chi connectivity index (χ3n) is 4.57. The molecule has 0 aliphatic carbocycles. The molecule has 130 valence electrons. The summed E-state index contributed by atoms with van der Waals surface area (Å²) in [5, 5.41) is 1.77. The van der Waals surface area contributed by atoms with Crippen molar-refractivity contribution in [2.45, 2.75) is 4.90 Å². The van der Waals surface area contributed by atoms with Crippen molar-refractivity contribution in [3.8, 4) is 0 Å². The fourth-order valence-electron chi connectivity index (χ4n) is 3.29. The average molecular weight is 376 g/mol. The molecule has 0 bridgehead atoms. The predicted molar refractivity (Wildman–Crippen MR) is 101 cm³/mol. The van der Waals surface area contributed by atoms with Gasteiger partial charge in [-0.05, 0) is 30.3 Å². The molecule has 1 aromatic heterocycles. The lowest BCUT2D eigenvalue weighted by molar-refractivity contribution is 0.385. The Labute approximate surface area is 151 Å². The maximum Gasteiger partial charge on any atom is 0.243 e. The van der Waals surface area contributed by atoms with Gasteiger partial charge >= 0.3 is 0 Å². The first-order chi connectivity index (χ1) is 12.1. The van der Waals surface area contributed by atoms with Crippen molar-refractivity contribution in [2.75, 3.05) is 31.1 Å². The van der Waals surface area contributed by atoms with Gasteiger partial charge in [-0.1, -0.05) is 29.8 Å². The number of H-pyrrole nitrogens is 1. The molecule has 7 heteroatoms. The molecule has 0 radical (unpaired) electrons. The van der Waals surface area contributed by atoms with Gasteiger partial charge in [0.1, 0.15) is 0 Å². The fraction of sp³-hybridized carbons (Fsp3) is 0.222. The number of sulfonamides is 1. The highest BCUT2D eigenvalue weighted by Gasteiger charge is 2.29. The Hall–Kier alpha value is -2.02. The summed E-state index contributed by atoms with van der Waals surface area (Å²) >= 11 is 6.23. The highest BCUT2D eigenvalue weighted by Crippen LogP contribution is 2.31. The number of aromatic nitrogens is 1. The van der Waals surface area contributed by atoms with Crippen LogP contribution >= 0.6 is 11.6 Å². The lowest BCUT2D eigenvalue weighted by Gasteiger charge is -2.35. The van der Waals surface area contributed by atoms with E-state index in [0.29, 0.717) is 36.1 Å². The SMILES string of the molecule is O=S(=O)(c1ccccc1)N1CCN(c2cc(Cl)cc3[nH]ccc23)CC1. The van der Waals surface area contributed by atoms with Crippen LogP contribution in [-0.2, 0) is 10.0 Å². The number of aromatic amines is 1. The van der Waals surface area contributed by atoms with E-state index in [0.717, 1.165) is 16.6 Å². The van der Waals surface area contributed by atoms with Gasteiger partial charge < -0.3 is 9.88 Å². The average Bonchev–Trinajstić information content (AvgIpc) is 3.10. The predicted octanol–water partition coefficient (Wildman–Crippen LogP) is 3.33. The molecule has 0 unspecified atom stereocenters. The number of anilines is 1. The van der Waals surface area contributed by atoms with Gasteiger partial charge in [-0.3, -0.25) is 0 Å². The molecule has 1 fully saturated rings. The van der Waals surface area contributed by atoms with Crippen molar-refractivity contribution in [1.29, 1.82) is 0 Å². The largest absolute Gasteiger partial charge is 0.368 e. The van der Waals surface area contributed by atoms with Crippen LogP contribution in [0.2, 0.25) is 5.02 Å². The van der Waals surface area contributed by atoms with Gasteiger partial charge in [-0.25, -0.2) is 8.42 Å². The first-order valence-electron chi connectivity index (χ1n) is 8.12. The smallest absolute Gasteiger partial charge is 0.243 e. The minimum absolute atomic E-state index is 0.347. The Morgan fingerprint density at radius 2 is 1.68 bits per heavy atom. The summed E-state index contributed by atoms with van der Waals surface area (Å²) in [7, 11) is -3.43. The lowest BCUT2D eigenvalue weighted by Crippen LogP contribution is -2.48. The van der Waals surface area contributed by atoms with Crippen molar-refractivity contribution < 1.29 is 8.42 Å². The van der Waals surface area contributed by atoms with Crippen molar-refractivity contribution in [1.82, 2.24) is 9.29 Å². The fourth-order valence-corrected chi connectivity index (χ4v) is 4.94. The number of halogens is 1. The topological polar surface area (TPSA) is 56.4 Å². The van der Waals surface area contributed by atoms with E-state index >= 15 is 0 Å². The first-order valence-corrected chi connectivity index (χ1v) is 9.94. The van der Waals surface area contributed by atoms with E-state index in [-0.39, 0.29) is 0 Å². The van der Waals surface area contributed by atoms with E-state index < -0.39 is 10.0 Å². The van der Waals surface area contributed by atoms with Crippen LogP contribution in [-0.4, -0.2) is 43.9 Å². The van der Waals surface area contributed by atoms with E-state index in [4.69, 9.17) is 11.6 Å². The number of hydrogen-bond donors (Lipinski definition) is 1. The second kappa shape index (κ2) is 6.37. The Morgan fingerprint density at radius 1 is 0.960 bits per heavy atom. The van der Waals surface area contributed by atoms with Gasteiger partial charge in [0.2, 0.25) is 10.0 Å². The molecule has 2 aromatic carbocycles. The Balaban J connectivity index is 1.56. The normalized spacial score (nSPS) is 16.4. The monoisotopic (exact) mass is 375 g/mol. The summed E-state index contributed by atoms with van der Waals surface area (Å²) in [6, 6.07) is 14.5. The molecule has 0 spiro atoms. The van der Waals surface area contributed by atoms with E-state index in [9.17, 15) is 8.42 Å². The molecule has 0 amide bonds. The number of nitrogens with zero attached hydrogens (tertiary/aromatic N) is 2. The molecule has 1 aliphatic rings. The minimum Gasteiger partial charge on any atom is -0.368 e. The molecule has 1 aliphatic heterocycles. The second-order valence-corrected chi connectivity index (χ2v) is 8.44. The highest BCUT2D eigenvalue weighted by molar-refractivity contribution is 7.89. The van der Waals surface area contributed by atoms with Crippen LogP contribution in [0.3, 0.4) is 0 Å². The molecule has 4 rings (SSSR count). The van der Waals surface area contributed by atoms with E-state index in [1.807, 2.05) is 30.5 Å². The molecular formula is C18H18ClN3O2S. The van der Waals surface area contributed by atoms with Gasteiger partial charge in [0.05, 0.1) is 4.90 Å². The maximum atomic E-state index is 12.7. The number of rotatable bonds is 3. The van der Waals surface area contributed by atoms with E-state index in [2.05, 4.69) is 9.88 Å². The van der Waals surface area contributed by atoms with Crippen LogP contribution < -0.4 is 4.90 Å². The summed E-state index contributed by atoms with van der Waals surface area (Å²) in [6.07, 6.45) is 1.89. The lowest BCUT2D eigenvalue weighted by atomic mass is 10.2. The summed E-state index contributed by atoms with van der Waals surface area (Å²) in [6.45, 7) is 2.17. The van der Waals surface area contributed by atoms with Crippen LogP contribution in [0.15, 0.2) is 59.6 Å². The third kappa shape index (κ3) is 3.01. The zero-order valence-corrected chi connectivity index (χ0v) is 15.1. The zero-order chi connectivity index (χ0) is 17.4. The van der Waals surface area contributed by atoms with E-state index in [1.165, 1.54) is 0 Å². The summed E-state index contributed by atoms with van der Waals surface area (Å²) in [4.78, 5) is 5.72. The van der Waals surface area contributed by atoms with E-state index in [1.54, 1.807) is 28.6 Å². The van der Waals surface area contributed by atoms with Crippen molar-refractivity contribution in [2.24, 2.45) is 0 Å². The van der Waals surface area contributed by atoms with Gasteiger partial charge in [0, 0.05) is 54.0 Å². The van der Waals surface area contributed by atoms with Gasteiger partial charge in [0.15, 0.2) is 0 Å². The Kier molecular flexibility index (Phi) is 4.19. The van der Waals surface area contributed by atoms with Crippen molar-refractivity contribution >= 4 is 38.2 Å². The summed E-state index contributed by atoms with van der Waals surface area (Å²) in [5.41, 5.74) is 2.03.